The lowest BCUT2D eigenvalue weighted by Crippen LogP contribution is -2.48. The molecule has 3 rings (SSSR count). The van der Waals surface area contributed by atoms with Gasteiger partial charge in [0.1, 0.15) is 11.4 Å². The number of nitrogens with zero attached hydrogens (tertiary/aromatic N) is 1. The highest BCUT2D eigenvalue weighted by Gasteiger charge is 2.12. The summed E-state index contributed by atoms with van der Waals surface area (Å²) in [5, 5.41) is 2.90. The molecule has 0 saturated carbocycles. The first kappa shape index (κ1) is 22.3. The molecule has 3 aromatic rings. The number of halogens is 1. The lowest BCUT2D eigenvalue weighted by atomic mass is 10.2. The van der Waals surface area contributed by atoms with E-state index in [1.165, 1.54) is 11.6 Å². The maximum atomic E-state index is 12.3. The number of amides is 2. The predicted octanol–water partition coefficient (Wildman–Crippen LogP) is 3.25. The fourth-order valence-corrected chi connectivity index (χ4v) is 3.16. The molecular formula is C22H21ClN4O3S. The highest BCUT2D eigenvalue weighted by Crippen LogP contribution is 2.13. The van der Waals surface area contributed by atoms with Crippen LogP contribution >= 0.6 is 23.8 Å². The summed E-state index contributed by atoms with van der Waals surface area (Å²) in [5.74, 6) is -0.186. The maximum Gasteiger partial charge on any atom is 0.286 e. The van der Waals surface area contributed by atoms with Gasteiger partial charge < -0.3 is 9.30 Å². The van der Waals surface area contributed by atoms with Crippen molar-refractivity contribution in [3.8, 4) is 5.75 Å². The van der Waals surface area contributed by atoms with Gasteiger partial charge in [0.15, 0.2) is 5.11 Å². The number of hydrogen-bond donors (Lipinski definition) is 3. The van der Waals surface area contributed by atoms with Crippen LogP contribution in [-0.4, -0.2) is 28.1 Å². The van der Waals surface area contributed by atoms with E-state index in [1.54, 1.807) is 42.1 Å². The Labute approximate surface area is 190 Å². The van der Waals surface area contributed by atoms with Gasteiger partial charge in [-0.1, -0.05) is 41.9 Å². The van der Waals surface area contributed by atoms with Crippen molar-refractivity contribution in [1.82, 2.24) is 20.7 Å². The lowest BCUT2D eigenvalue weighted by molar-refractivity contribution is 0.0927. The molecule has 0 radical (unpaired) electrons. The Morgan fingerprint density at radius 2 is 1.74 bits per heavy atom. The summed E-state index contributed by atoms with van der Waals surface area (Å²) >= 11 is 10.9. The fraction of sp³-hybridized carbons (Fsp3) is 0.136. The van der Waals surface area contributed by atoms with Crippen molar-refractivity contribution in [3.05, 3.63) is 88.7 Å². The van der Waals surface area contributed by atoms with Crippen LogP contribution in [0.4, 0.5) is 0 Å². The van der Waals surface area contributed by atoms with Crippen molar-refractivity contribution in [2.75, 3.05) is 6.61 Å². The molecule has 0 aliphatic rings. The van der Waals surface area contributed by atoms with E-state index in [-0.39, 0.29) is 5.11 Å². The number of ether oxygens (including phenoxy) is 1. The molecule has 2 aromatic carbocycles. The molecule has 9 heteroatoms. The average Bonchev–Trinajstić information content (AvgIpc) is 3.11. The molecule has 2 amide bonds. The van der Waals surface area contributed by atoms with Crippen LogP contribution in [0.3, 0.4) is 0 Å². The molecule has 0 spiro atoms. The number of hydrazine groups is 1. The minimum absolute atomic E-state index is 0.0400. The number of hydrogen-bond acceptors (Lipinski definition) is 4. The fourth-order valence-electron chi connectivity index (χ4n) is 2.77. The Bertz CT molecular complexity index is 1070. The summed E-state index contributed by atoms with van der Waals surface area (Å²) in [5.41, 5.74) is 6.84. The zero-order valence-corrected chi connectivity index (χ0v) is 18.3. The Morgan fingerprint density at radius 3 is 2.39 bits per heavy atom. The number of thiocarbonyl (C=S) groups is 1. The Morgan fingerprint density at radius 1 is 1.03 bits per heavy atom. The summed E-state index contributed by atoms with van der Waals surface area (Å²) in [6.07, 6.45) is 2.40. The van der Waals surface area contributed by atoms with E-state index in [2.05, 4.69) is 16.2 Å². The molecule has 3 N–H and O–H groups in total. The standard InChI is InChI=1S/C22H21ClN4O3S/c1-27-14-17(23)13-19(27)21(29)25-26-22(31)24-20(28)16-7-9-18(10-8-16)30-12-11-15-5-3-2-4-6-15/h2-10,13-14H,11-12H2,1H3,(H,25,29)(H2,24,26,28,31). The van der Waals surface area contributed by atoms with Crippen LogP contribution in [0.1, 0.15) is 26.4 Å². The van der Waals surface area contributed by atoms with Crippen LogP contribution < -0.4 is 20.9 Å². The first-order valence-corrected chi connectivity index (χ1v) is 10.2. The summed E-state index contributed by atoms with van der Waals surface area (Å²) in [7, 11) is 1.69. The van der Waals surface area contributed by atoms with E-state index in [0.717, 1.165) is 6.42 Å². The normalized spacial score (nSPS) is 10.3. The first-order valence-electron chi connectivity index (χ1n) is 9.42. The molecule has 0 bridgehead atoms. The molecule has 1 heterocycles. The molecule has 0 unspecified atom stereocenters. The molecule has 0 saturated heterocycles. The van der Waals surface area contributed by atoms with Crippen molar-refractivity contribution >= 4 is 40.7 Å². The van der Waals surface area contributed by atoms with E-state index in [4.69, 9.17) is 28.6 Å². The third-order valence-corrected chi connectivity index (χ3v) is 4.75. The molecular weight excluding hydrogens is 436 g/mol. The Balaban J connectivity index is 1.43. The molecule has 0 aliphatic carbocycles. The lowest BCUT2D eigenvalue weighted by Gasteiger charge is -2.11. The first-order chi connectivity index (χ1) is 14.9. The highest BCUT2D eigenvalue weighted by molar-refractivity contribution is 7.80. The van der Waals surface area contributed by atoms with Crippen LogP contribution in [0.25, 0.3) is 0 Å². The second-order valence-corrected chi connectivity index (χ2v) is 7.47. The highest BCUT2D eigenvalue weighted by atomic mass is 35.5. The molecule has 0 fully saturated rings. The molecule has 7 nitrogen and oxygen atoms in total. The second kappa shape index (κ2) is 10.6. The number of nitrogens with one attached hydrogen (secondary N) is 3. The zero-order valence-electron chi connectivity index (χ0n) is 16.7. The number of carbonyl (C=O) groups excluding carboxylic acids is 2. The minimum Gasteiger partial charge on any atom is -0.493 e. The maximum absolute atomic E-state index is 12.3. The van der Waals surface area contributed by atoms with Crippen molar-refractivity contribution in [1.29, 1.82) is 0 Å². The van der Waals surface area contributed by atoms with Crippen LogP contribution in [0.2, 0.25) is 5.02 Å². The Kier molecular flexibility index (Phi) is 7.64. The quantitative estimate of drug-likeness (QED) is 0.391. The Hall–Kier alpha value is -3.36. The average molecular weight is 457 g/mol. The van der Waals surface area contributed by atoms with Gasteiger partial charge in [-0.3, -0.25) is 25.8 Å². The summed E-state index contributed by atoms with van der Waals surface area (Å²) in [6.45, 7) is 0.537. The van der Waals surface area contributed by atoms with Gasteiger partial charge in [0.25, 0.3) is 11.8 Å². The van der Waals surface area contributed by atoms with Crippen molar-refractivity contribution in [2.24, 2.45) is 7.05 Å². The third kappa shape index (κ3) is 6.56. The van der Waals surface area contributed by atoms with E-state index in [9.17, 15) is 9.59 Å². The van der Waals surface area contributed by atoms with Crippen molar-refractivity contribution < 1.29 is 14.3 Å². The topological polar surface area (TPSA) is 84.4 Å². The van der Waals surface area contributed by atoms with Gasteiger partial charge in [-0.05, 0) is 48.1 Å². The van der Waals surface area contributed by atoms with Crippen LogP contribution in [0.15, 0.2) is 66.9 Å². The van der Waals surface area contributed by atoms with E-state index < -0.39 is 11.8 Å². The number of carbonyl (C=O) groups is 2. The van der Waals surface area contributed by atoms with Gasteiger partial charge in [0.2, 0.25) is 0 Å². The molecule has 0 aliphatic heterocycles. The summed E-state index contributed by atoms with van der Waals surface area (Å²) < 4.78 is 7.29. The van der Waals surface area contributed by atoms with Crippen LogP contribution in [-0.2, 0) is 13.5 Å². The van der Waals surface area contributed by atoms with Crippen molar-refractivity contribution in [2.45, 2.75) is 6.42 Å². The number of benzene rings is 2. The molecule has 31 heavy (non-hydrogen) atoms. The molecule has 1 aromatic heterocycles. The van der Waals surface area contributed by atoms with Gasteiger partial charge in [-0.15, -0.1) is 0 Å². The van der Waals surface area contributed by atoms with E-state index in [1.807, 2.05) is 30.3 Å². The van der Waals surface area contributed by atoms with Crippen molar-refractivity contribution in [3.63, 3.8) is 0 Å². The van der Waals surface area contributed by atoms with Gasteiger partial charge in [0.05, 0.1) is 11.6 Å². The largest absolute Gasteiger partial charge is 0.493 e. The number of aryl methyl sites for hydroxylation is 1. The van der Waals surface area contributed by atoms with Gasteiger partial charge in [-0.2, -0.15) is 0 Å². The van der Waals surface area contributed by atoms with Gasteiger partial charge in [0, 0.05) is 25.2 Å². The monoisotopic (exact) mass is 456 g/mol. The van der Waals surface area contributed by atoms with Crippen LogP contribution in [0.5, 0.6) is 5.75 Å². The van der Waals surface area contributed by atoms with E-state index >= 15 is 0 Å². The van der Waals surface area contributed by atoms with E-state index in [0.29, 0.717) is 28.6 Å². The smallest absolute Gasteiger partial charge is 0.286 e. The van der Waals surface area contributed by atoms with Gasteiger partial charge >= 0.3 is 0 Å². The summed E-state index contributed by atoms with van der Waals surface area (Å²) in [4.78, 5) is 24.4. The number of aromatic nitrogens is 1. The van der Waals surface area contributed by atoms with Gasteiger partial charge in [-0.25, -0.2) is 0 Å². The number of rotatable bonds is 6. The third-order valence-electron chi connectivity index (χ3n) is 4.34. The SMILES string of the molecule is Cn1cc(Cl)cc1C(=O)NNC(=S)NC(=O)c1ccc(OCCc2ccccc2)cc1. The summed E-state index contributed by atoms with van der Waals surface area (Å²) in [6, 6.07) is 18.3. The molecule has 160 valence electrons. The minimum atomic E-state index is -0.442. The molecule has 0 atom stereocenters. The predicted molar refractivity (Wildman–Crippen MR) is 123 cm³/mol. The zero-order chi connectivity index (χ0) is 22.2. The van der Waals surface area contributed by atoms with Crippen LogP contribution in [0, 0.1) is 0 Å². The second-order valence-electron chi connectivity index (χ2n) is 6.63.